The third-order valence-electron chi connectivity index (χ3n) is 17.2. The number of nitrogens with zero attached hydrogens (tertiary/aromatic N) is 10. The first-order valence-corrected chi connectivity index (χ1v) is 27.6. The van der Waals surface area contributed by atoms with Gasteiger partial charge in [0.05, 0.1) is 22.1 Å². The Labute approximate surface area is 433 Å². The van der Waals surface area contributed by atoms with Crippen molar-refractivity contribution in [3.8, 4) is 0 Å². The van der Waals surface area contributed by atoms with Crippen molar-refractivity contribution in [1.29, 1.82) is 0 Å². The average molecular weight is 1020 g/mol. The van der Waals surface area contributed by atoms with Gasteiger partial charge in [0.25, 0.3) is 0 Å². The monoisotopic (exact) mass is 1010 g/mol. The topological polar surface area (TPSA) is 176 Å². The normalized spacial score (nSPS) is 22.7. The molecule has 2 unspecified atom stereocenters. The van der Waals surface area contributed by atoms with E-state index in [4.69, 9.17) is 19.4 Å². The van der Waals surface area contributed by atoms with Gasteiger partial charge in [-0.2, -0.15) is 0 Å². The number of carbonyl (C=O) groups is 6. The van der Waals surface area contributed by atoms with E-state index in [0.29, 0.717) is 38.8 Å². The van der Waals surface area contributed by atoms with Gasteiger partial charge < -0.3 is 28.4 Å². The lowest BCUT2D eigenvalue weighted by atomic mass is 9.74. The number of imidazole rings is 2. The number of hydrogen-bond donors (Lipinski definition) is 0. The van der Waals surface area contributed by atoms with Gasteiger partial charge in [-0.15, -0.1) is 0 Å². The number of piperidine rings is 2. The van der Waals surface area contributed by atoms with E-state index < -0.39 is 35.0 Å². The quantitative estimate of drug-likeness (QED) is 0.0495. The number of fused-ring (bicyclic) bond motifs is 2. The van der Waals surface area contributed by atoms with Crippen molar-refractivity contribution in [2.75, 3.05) is 88.3 Å². The summed E-state index contributed by atoms with van der Waals surface area (Å²) < 4.78 is 16.3. The molecular weight excluding hydrogens is 941 g/mol. The molecule has 4 amide bonds. The molecule has 2 atom stereocenters. The van der Waals surface area contributed by atoms with E-state index >= 15 is 0 Å². The molecule has 2 spiro atoms. The molecule has 6 heterocycles. The Balaban J connectivity index is 0.624. The zero-order valence-corrected chi connectivity index (χ0v) is 43.5. The number of likely N-dealkylation sites (tertiary alicyclic amines) is 2. The molecule has 18 heteroatoms. The predicted octanol–water partition coefficient (Wildman–Crippen LogP) is 5.95. The number of carbonyl (C=O) groups excluding carboxylic acids is 6. The van der Waals surface area contributed by atoms with E-state index in [1.807, 2.05) is 12.1 Å². The number of ether oxygens (including phenoxy) is 2. The zero-order valence-electron chi connectivity index (χ0n) is 43.5. The summed E-state index contributed by atoms with van der Waals surface area (Å²) in [5, 5.41) is 0. The number of benzene rings is 2. The molecule has 0 N–H and O–H groups in total. The third kappa shape index (κ3) is 10.7. The molecule has 0 bridgehead atoms. The van der Waals surface area contributed by atoms with Gasteiger partial charge in [0.1, 0.15) is 12.2 Å². The maximum atomic E-state index is 13.6. The standard InChI is InChI=1S/C56H74N10O8/c1-3-63-43-17-7-5-15-41(43)57-53(63)61-33-29-59(30-34-61)25-9-11-27-65-47(67)37-55(38-48(65)68)23-13-19-45(55)73-51(71)21-22-52(72)74-46-20-14-24-56(46)39-49(69)66(50(70)40-56)28-12-10-26-60-31-35-62(36-32-60)54-58-42-16-6-8-18-44(42)64(54)4-2/h5-8,15-18,21-22,45-46H,3-4,9-14,19-20,23-40H2,1-2H3/b22-21+. The number of amides is 4. The summed E-state index contributed by atoms with van der Waals surface area (Å²) in [4.78, 5) is 103. The van der Waals surface area contributed by atoms with Crippen LogP contribution in [0.4, 0.5) is 11.9 Å². The van der Waals surface area contributed by atoms with Crippen LogP contribution in [0, 0.1) is 10.8 Å². The van der Waals surface area contributed by atoms with Crippen LogP contribution in [0.5, 0.6) is 0 Å². The lowest BCUT2D eigenvalue weighted by Crippen LogP contribution is -2.51. The Morgan fingerprint density at radius 1 is 0.541 bits per heavy atom. The van der Waals surface area contributed by atoms with Gasteiger partial charge in [0, 0.05) is 127 Å². The minimum absolute atomic E-state index is 0.134. The third-order valence-corrected chi connectivity index (χ3v) is 17.2. The summed E-state index contributed by atoms with van der Waals surface area (Å²) in [6.07, 6.45) is 8.24. The number of rotatable bonds is 18. The number of anilines is 2. The Morgan fingerprint density at radius 3 is 1.28 bits per heavy atom. The number of unbranched alkanes of at least 4 members (excludes halogenated alkanes) is 2. The Bertz CT molecular complexity index is 2530. The van der Waals surface area contributed by atoms with Crippen LogP contribution in [-0.2, 0) is 51.3 Å². The molecule has 74 heavy (non-hydrogen) atoms. The summed E-state index contributed by atoms with van der Waals surface area (Å²) in [5.74, 6) is -0.340. The summed E-state index contributed by atoms with van der Waals surface area (Å²) in [6, 6.07) is 16.5. The molecule has 396 valence electrons. The lowest BCUT2D eigenvalue weighted by molar-refractivity contribution is -0.165. The summed E-state index contributed by atoms with van der Waals surface area (Å²) in [6.45, 7) is 15.8. The molecule has 0 radical (unpaired) electrons. The van der Waals surface area contributed by atoms with E-state index in [2.05, 4.69) is 79.0 Å². The summed E-state index contributed by atoms with van der Waals surface area (Å²) in [7, 11) is 0. The minimum atomic E-state index is -0.760. The maximum Gasteiger partial charge on any atom is 0.331 e. The first-order chi connectivity index (χ1) is 36.0. The van der Waals surface area contributed by atoms with E-state index in [-0.39, 0.29) is 49.3 Å². The number of piperazine rings is 2. The first-order valence-electron chi connectivity index (χ1n) is 27.6. The van der Waals surface area contributed by atoms with E-state index in [9.17, 15) is 28.8 Å². The fourth-order valence-corrected chi connectivity index (χ4v) is 13.2. The fourth-order valence-electron chi connectivity index (χ4n) is 13.2. The van der Waals surface area contributed by atoms with Gasteiger partial charge in [0.15, 0.2) is 0 Å². The molecule has 6 fully saturated rings. The molecule has 2 aliphatic carbocycles. The maximum absolute atomic E-state index is 13.6. The van der Waals surface area contributed by atoms with Crippen LogP contribution in [0.1, 0.15) is 104 Å². The van der Waals surface area contributed by atoms with Gasteiger partial charge >= 0.3 is 11.9 Å². The highest BCUT2D eigenvalue weighted by Crippen LogP contribution is 2.50. The molecular formula is C56H74N10O8. The summed E-state index contributed by atoms with van der Waals surface area (Å²) in [5.41, 5.74) is 2.82. The molecule has 18 nitrogen and oxygen atoms in total. The highest BCUT2D eigenvalue weighted by Gasteiger charge is 2.54. The second-order valence-corrected chi connectivity index (χ2v) is 21.6. The number of esters is 2. The van der Waals surface area contributed by atoms with Gasteiger partial charge in [-0.1, -0.05) is 24.3 Å². The number of aromatic nitrogens is 4. The second-order valence-electron chi connectivity index (χ2n) is 21.6. The zero-order chi connectivity index (χ0) is 51.4. The number of aryl methyl sites for hydroxylation is 2. The van der Waals surface area contributed by atoms with Gasteiger partial charge in [0.2, 0.25) is 35.5 Å². The molecule has 2 saturated carbocycles. The van der Waals surface area contributed by atoms with E-state index in [1.54, 1.807) is 0 Å². The molecule has 6 aliphatic rings. The predicted molar refractivity (Wildman–Crippen MR) is 280 cm³/mol. The highest BCUT2D eigenvalue weighted by molar-refractivity contribution is 6.00. The summed E-state index contributed by atoms with van der Waals surface area (Å²) >= 11 is 0. The van der Waals surface area contributed by atoms with Gasteiger partial charge in [-0.3, -0.25) is 38.8 Å². The fraction of sp³-hybridized carbons (Fsp3) is 0.607. The van der Waals surface area contributed by atoms with Crippen LogP contribution < -0.4 is 9.80 Å². The van der Waals surface area contributed by atoms with Crippen LogP contribution >= 0.6 is 0 Å². The van der Waals surface area contributed by atoms with Crippen molar-refractivity contribution in [2.24, 2.45) is 10.8 Å². The average Bonchev–Trinajstić information content (AvgIpc) is 4.18. The number of imide groups is 2. The molecule has 10 rings (SSSR count). The molecule has 2 aromatic carbocycles. The van der Waals surface area contributed by atoms with Crippen molar-refractivity contribution >= 4 is 69.5 Å². The van der Waals surface area contributed by atoms with Crippen molar-refractivity contribution in [3.63, 3.8) is 0 Å². The lowest BCUT2D eigenvalue weighted by Gasteiger charge is -2.40. The van der Waals surface area contributed by atoms with Gasteiger partial charge in [-0.25, -0.2) is 19.6 Å². The molecule has 2 aromatic heterocycles. The Morgan fingerprint density at radius 2 is 0.905 bits per heavy atom. The van der Waals surface area contributed by atoms with Crippen LogP contribution in [0.2, 0.25) is 0 Å². The van der Waals surface area contributed by atoms with Crippen molar-refractivity contribution < 1.29 is 38.2 Å². The van der Waals surface area contributed by atoms with Crippen LogP contribution in [-0.4, -0.2) is 165 Å². The largest absolute Gasteiger partial charge is 0.459 e. The minimum Gasteiger partial charge on any atom is -0.459 e. The Kier molecular flexibility index (Phi) is 15.5. The van der Waals surface area contributed by atoms with Crippen LogP contribution in [0.25, 0.3) is 22.1 Å². The van der Waals surface area contributed by atoms with Gasteiger partial charge in [-0.05, 0) is 115 Å². The smallest absolute Gasteiger partial charge is 0.331 e. The van der Waals surface area contributed by atoms with E-state index in [1.165, 1.54) is 9.80 Å². The Hall–Kier alpha value is -6.14. The SMILES string of the molecule is CCn1c(N2CCN(CCCCN3C(=O)CC4(CCCC4OC(=O)/C=C/C(=O)OC4CCCC45CC(=O)N(CCCCN4CCN(c6nc7ccccc7n6CC)CC4)C(=O)C5)CC3=O)CC2)nc2ccccc21. The second kappa shape index (κ2) is 22.4. The van der Waals surface area contributed by atoms with Crippen molar-refractivity contribution in [2.45, 2.75) is 129 Å². The first kappa shape index (κ1) is 51.4. The molecule has 4 saturated heterocycles. The van der Waals surface area contributed by atoms with E-state index in [0.717, 1.165) is 163 Å². The number of hydrogen-bond acceptors (Lipinski definition) is 14. The number of para-hydroxylation sites is 4. The highest BCUT2D eigenvalue weighted by atomic mass is 16.6. The molecule has 4 aromatic rings. The van der Waals surface area contributed by atoms with Crippen LogP contribution in [0.15, 0.2) is 60.7 Å². The van der Waals surface area contributed by atoms with Crippen molar-refractivity contribution in [1.82, 2.24) is 38.7 Å². The molecule has 4 aliphatic heterocycles. The van der Waals surface area contributed by atoms with Crippen LogP contribution in [0.3, 0.4) is 0 Å². The van der Waals surface area contributed by atoms with Crippen molar-refractivity contribution in [3.05, 3.63) is 60.7 Å².